The van der Waals surface area contributed by atoms with Gasteiger partial charge in [0, 0.05) is 37.6 Å². The Kier molecular flexibility index (Phi) is 6.42. The maximum atomic E-state index is 10.9. The Balaban J connectivity index is 1.45. The molecule has 1 aromatic heterocycles. The summed E-state index contributed by atoms with van der Waals surface area (Å²) in [5.74, 6) is 0.167. The van der Waals surface area contributed by atoms with Crippen LogP contribution in [-0.2, 0) is 11.3 Å². The van der Waals surface area contributed by atoms with Gasteiger partial charge in [0.25, 0.3) is 0 Å². The quantitative estimate of drug-likeness (QED) is 0.709. The van der Waals surface area contributed by atoms with E-state index in [1.54, 1.807) is 0 Å². The lowest BCUT2D eigenvalue weighted by Gasteiger charge is -2.42. The second-order valence-corrected chi connectivity index (χ2v) is 7.08. The number of anilines is 2. The number of nitrogens with zero attached hydrogens (tertiary/aromatic N) is 3. The summed E-state index contributed by atoms with van der Waals surface area (Å²) in [6.45, 7) is 3.71. The number of para-hydroxylation sites is 1. The standard InChI is InChI=1S/C21H28N4O2/c1-3-25(15-21(26)27)19-11-17(12-19)22-13-16-9-10-20(23-14-16)24(2)18-7-5-4-6-8-18/h4-10,14,17,19,22H,3,11-13,15H2,1-2H3,(H,26,27). The summed E-state index contributed by atoms with van der Waals surface area (Å²) in [6, 6.07) is 15.1. The highest BCUT2D eigenvalue weighted by Gasteiger charge is 2.33. The van der Waals surface area contributed by atoms with Crippen molar-refractivity contribution in [1.82, 2.24) is 15.2 Å². The van der Waals surface area contributed by atoms with Gasteiger partial charge in [-0.15, -0.1) is 0 Å². The summed E-state index contributed by atoms with van der Waals surface area (Å²) in [4.78, 5) is 19.6. The van der Waals surface area contributed by atoms with Crippen LogP contribution in [0.15, 0.2) is 48.7 Å². The molecule has 1 heterocycles. The zero-order valence-electron chi connectivity index (χ0n) is 16.0. The van der Waals surface area contributed by atoms with Crippen LogP contribution in [0.1, 0.15) is 25.3 Å². The van der Waals surface area contributed by atoms with Crippen LogP contribution >= 0.6 is 0 Å². The van der Waals surface area contributed by atoms with Gasteiger partial charge in [-0.05, 0) is 43.1 Å². The summed E-state index contributed by atoms with van der Waals surface area (Å²) < 4.78 is 0. The molecule has 2 aromatic rings. The van der Waals surface area contributed by atoms with Crippen molar-refractivity contribution in [2.75, 3.05) is 25.0 Å². The largest absolute Gasteiger partial charge is 0.480 e. The lowest BCUT2D eigenvalue weighted by molar-refractivity contribution is -0.139. The van der Waals surface area contributed by atoms with Crippen molar-refractivity contribution in [1.29, 1.82) is 0 Å². The van der Waals surface area contributed by atoms with Crippen LogP contribution < -0.4 is 10.2 Å². The number of pyridine rings is 1. The van der Waals surface area contributed by atoms with Crippen molar-refractivity contribution < 1.29 is 9.90 Å². The number of nitrogens with one attached hydrogen (secondary N) is 1. The van der Waals surface area contributed by atoms with E-state index in [0.29, 0.717) is 12.1 Å². The summed E-state index contributed by atoms with van der Waals surface area (Å²) in [5, 5.41) is 12.5. The highest BCUT2D eigenvalue weighted by molar-refractivity contribution is 5.69. The molecule has 1 saturated carbocycles. The Bertz CT molecular complexity index is 730. The van der Waals surface area contributed by atoms with Crippen molar-refractivity contribution in [3.05, 3.63) is 54.2 Å². The summed E-state index contributed by atoms with van der Waals surface area (Å²) in [7, 11) is 2.01. The Morgan fingerprint density at radius 2 is 1.96 bits per heavy atom. The van der Waals surface area contributed by atoms with Crippen molar-refractivity contribution in [3.8, 4) is 0 Å². The fraction of sp³-hybridized carbons (Fsp3) is 0.429. The molecule has 0 spiro atoms. The first kappa shape index (κ1) is 19.3. The molecule has 0 atom stereocenters. The Hall–Kier alpha value is -2.44. The number of aliphatic carboxylic acids is 1. The SMILES string of the molecule is CCN(CC(=O)O)C1CC(NCc2ccc(N(C)c3ccccc3)nc2)C1. The molecule has 3 rings (SSSR count). The number of carboxylic acids is 1. The summed E-state index contributed by atoms with van der Waals surface area (Å²) in [6.07, 6.45) is 3.92. The molecule has 1 aliphatic carbocycles. The maximum Gasteiger partial charge on any atom is 0.317 e. The number of likely N-dealkylation sites (N-methyl/N-ethyl adjacent to an activating group) is 1. The first-order valence-electron chi connectivity index (χ1n) is 9.49. The number of hydrogen-bond donors (Lipinski definition) is 2. The predicted octanol–water partition coefficient (Wildman–Crippen LogP) is 2.88. The fourth-order valence-electron chi connectivity index (χ4n) is 3.49. The lowest BCUT2D eigenvalue weighted by atomic mass is 9.85. The van der Waals surface area contributed by atoms with Gasteiger partial charge in [0.1, 0.15) is 5.82 Å². The van der Waals surface area contributed by atoms with E-state index in [1.165, 1.54) is 0 Å². The molecule has 1 fully saturated rings. The van der Waals surface area contributed by atoms with Crippen LogP contribution in [-0.4, -0.2) is 53.2 Å². The van der Waals surface area contributed by atoms with Crippen molar-refractivity contribution in [2.45, 2.75) is 38.4 Å². The Labute approximate surface area is 160 Å². The molecule has 2 N–H and O–H groups in total. The zero-order valence-corrected chi connectivity index (χ0v) is 16.0. The molecule has 0 saturated heterocycles. The van der Waals surface area contributed by atoms with E-state index in [0.717, 1.165) is 43.0 Å². The molecule has 144 valence electrons. The molecule has 27 heavy (non-hydrogen) atoms. The van der Waals surface area contributed by atoms with Crippen LogP contribution in [0.2, 0.25) is 0 Å². The van der Waals surface area contributed by atoms with E-state index in [-0.39, 0.29) is 6.54 Å². The highest BCUT2D eigenvalue weighted by atomic mass is 16.4. The third kappa shape index (κ3) is 5.05. The van der Waals surface area contributed by atoms with Crippen LogP contribution in [0.25, 0.3) is 0 Å². The van der Waals surface area contributed by atoms with Crippen LogP contribution in [0, 0.1) is 0 Å². The van der Waals surface area contributed by atoms with Gasteiger partial charge in [-0.2, -0.15) is 0 Å². The summed E-state index contributed by atoms with van der Waals surface area (Å²) in [5.41, 5.74) is 2.26. The van der Waals surface area contributed by atoms with Gasteiger partial charge < -0.3 is 15.3 Å². The van der Waals surface area contributed by atoms with Gasteiger partial charge in [0.15, 0.2) is 0 Å². The van der Waals surface area contributed by atoms with Gasteiger partial charge in [-0.1, -0.05) is 31.2 Å². The molecule has 6 nitrogen and oxygen atoms in total. The number of carbonyl (C=O) groups is 1. The number of hydrogen-bond acceptors (Lipinski definition) is 5. The smallest absolute Gasteiger partial charge is 0.317 e. The van der Waals surface area contributed by atoms with E-state index in [9.17, 15) is 4.79 Å². The normalized spacial score (nSPS) is 18.9. The van der Waals surface area contributed by atoms with Crippen LogP contribution in [0.3, 0.4) is 0 Å². The van der Waals surface area contributed by atoms with Crippen molar-refractivity contribution in [2.24, 2.45) is 0 Å². The third-order valence-electron chi connectivity index (χ3n) is 5.27. The minimum absolute atomic E-state index is 0.133. The molecular formula is C21H28N4O2. The van der Waals surface area contributed by atoms with Gasteiger partial charge in [0.2, 0.25) is 0 Å². The Morgan fingerprint density at radius 3 is 2.56 bits per heavy atom. The Morgan fingerprint density at radius 1 is 1.22 bits per heavy atom. The second-order valence-electron chi connectivity index (χ2n) is 7.08. The number of rotatable bonds is 9. The number of benzene rings is 1. The van der Waals surface area contributed by atoms with Gasteiger partial charge >= 0.3 is 5.97 Å². The van der Waals surface area contributed by atoms with Crippen LogP contribution in [0.5, 0.6) is 0 Å². The molecule has 6 heteroatoms. The van der Waals surface area contributed by atoms with E-state index in [4.69, 9.17) is 5.11 Å². The van der Waals surface area contributed by atoms with E-state index in [2.05, 4.69) is 33.4 Å². The molecule has 1 aliphatic rings. The molecule has 0 radical (unpaired) electrons. The number of aromatic nitrogens is 1. The highest BCUT2D eigenvalue weighted by Crippen LogP contribution is 2.26. The number of carboxylic acid groups (broad SMARTS) is 1. The monoisotopic (exact) mass is 368 g/mol. The van der Waals surface area contributed by atoms with Gasteiger partial charge in [-0.25, -0.2) is 4.98 Å². The van der Waals surface area contributed by atoms with Gasteiger partial charge in [0.05, 0.1) is 6.54 Å². The maximum absolute atomic E-state index is 10.9. The van der Waals surface area contributed by atoms with E-state index in [1.807, 2.05) is 49.3 Å². The molecule has 0 amide bonds. The second kappa shape index (κ2) is 8.97. The molecule has 0 aliphatic heterocycles. The lowest BCUT2D eigenvalue weighted by Crippen LogP contribution is -2.53. The van der Waals surface area contributed by atoms with Gasteiger partial charge in [-0.3, -0.25) is 9.69 Å². The fourth-order valence-corrected chi connectivity index (χ4v) is 3.49. The molecule has 0 bridgehead atoms. The average Bonchev–Trinajstić information content (AvgIpc) is 2.66. The molecule has 0 unspecified atom stereocenters. The zero-order chi connectivity index (χ0) is 19.2. The van der Waals surface area contributed by atoms with Crippen LogP contribution in [0.4, 0.5) is 11.5 Å². The third-order valence-corrected chi connectivity index (χ3v) is 5.27. The minimum atomic E-state index is -0.750. The summed E-state index contributed by atoms with van der Waals surface area (Å²) >= 11 is 0. The van der Waals surface area contributed by atoms with Crippen molar-refractivity contribution in [3.63, 3.8) is 0 Å². The first-order chi connectivity index (χ1) is 13.1. The average molecular weight is 368 g/mol. The predicted molar refractivity (Wildman–Crippen MR) is 107 cm³/mol. The van der Waals surface area contributed by atoms with E-state index < -0.39 is 5.97 Å². The minimum Gasteiger partial charge on any atom is -0.480 e. The topological polar surface area (TPSA) is 68.7 Å². The molecule has 1 aromatic carbocycles. The molecular weight excluding hydrogens is 340 g/mol. The first-order valence-corrected chi connectivity index (χ1v) is 9.49. The van der Waals surface area contributed by atoms with Crippen molar-refractivity contribution >= 4 is 17.5 Å². The van der Waals surface area contributed by atoms with E-state index >= 15 is 0 Å².